The third-order valence-electron chi connectivity index (χ3n) is 5.86. The second-order valence-corrected chi connectivity index (χ2v) is 10.3. The van der Waals surface area contributed by atoms with E-state index >= 15 is 0 Å². The van der Waals surface area contributed by atoms with Gasteiger partial charge in [0.25, 0.3) is 0 Å². The molecule has 0 aliphatic rings. The molecule has 0 aliphatic carbocycles. The lowest BCUT2D eigenvalue weighted by molar-refractivity contribution is 0.0949. The highest BCUT2D eigenvalue weighted by atomic mass is 32.2. The SMILES string of the molecule is COc1cccc(OC)c1-n1c(NS(=O)(=O)C(C)C(OC)c2ncc(C)cn2)nnc1-c1ccccc1F. The molecule has 13 heteroatoms. The Morgan fingerprint density at radius 3 is 2.16 bits per heavy atom. The minimum atomic E-state index is -4.19. The van der Waals surface area contributed by atoms with E-state index in [0.29, 0.717) is 11.5 Å². The van der Waals surface area contributed by atoms with Crippen molar-refractivity contribution in [2.45, 2.75) is 25.2 Å². The fourth-order valence-corrected chi connectivity index (χ4v) is 5.00. The van der Waals surface area contributed by atoms with E-state index in [9.17, 15) is 12.8 Å². The van der Waals surface area contributed by atoms with Gasteiger partial charge in [-0.1, -0.05) is 18.2 Å². The number of hydrogen-bond donors (Lipinski definition) is 1. The van der Waals surface area contributed by atoms with Gasteiger partial charge >= 0.3 is 0 Å². The third-order valence-corrected chi connectivity index (χ3v) is 7.56. The highest BCUT2D eigenvalue weighted by Crippen LogP contribution is 2.38. The maximum Gasteiger partial charge on any atom is 0.243 e. The van der Waals surface area contributed by atoms with Crippen molar-refractivity contribution in [2.24, 2.45) is 0 Å². The number of aromatic nitrogens is 5. The van der Waals surface area contributed by atoms with Gasteiger partial charge in [0.2, 0.25) is 16.0 Å². The second-order valence-electron chi connectivity index (χ2n) is 8.30. The molecule has 2 heterocycles. The smallest absolute Gasteiger partial charge is 0.243 e. The zero-order valence-electron chi connectivity index (χ0n) is 21.4. The summed E-state index contributed by atoms with van der Waals surface area (Å²) < 4.78 is 62.4. The van der Waals surface area contributed by atoms with Crippen LogP contribution in [0.3, 0.4) is 0 Å². The van der Waals surface area contributed by atoms with Crippen molar-refractivity contribution in [3.63, 3.8) is 0 Å². The number of aryl methyl sites for hydroxylation is 1. The van der Waals surface area contributed by atoms with E-state index in [1.807, 2.05) is 6.92 Å². The van der Waals surface area contributed by atoms with Gasteiger partial charge in [0.05, 0.1) is 19.8 Å². The second kappa shape index (κ2) is 11.1. The molecule has 4 aromatic rings. The van der Waals surface area contributed by atoms with Crippen LogP contribution < -0.4 is 14.2 Å². The number of nitrogens with zero attached hydrogens (tertiary/aromatic N) is 5. The predicted molar refractivity (Wildman–Crippen MR) is 138 cm³/mol. The van der Waals surface area contributed by atoms with E-state index in [1.54, 1.807) is 36.7 Å². The van der Waals surface area contributed by atoms with Crippen LogP contribution in [0.4, 0.5) is 10.3 Å². The molecule has 2 aromatic carbocycles. The Hall–Kier alpha value is -4.10. The van der Waals surface area contributed by atoms with Crippen LogP contribution >= 0.6 is 0 Å². The third kappa shape index (κ3) is 5.15. The fourth-order valence-electron chi connectivity index (χ4n) is 3.87. The number of nitrogens with one attached hydrogen (secondary N) is 1. The molecule has 4 rings (SSSR count). The van der Waals surface area contributed by atoms with Crippen LogP contribution in [0.15, 0.2) is 54.9 Å². The molecule has 0 saturated carbocycles. The monoisotopic (exact) mass is 542 g/mol. The Morgan fingerprint density at radius 1 is 0.947 bits per heavy atom. The number of rotatable bonds is 10. The van der Waals surface area contributed by atoms with E-state index in [-0.39, 0.29) is 28.8 Å². The van der Waals surface area contributed by atoms with Crippen LogP contribution in [0.5, 0.6) is 11.5 Å². The Bertz CT molecular complexity index is 1510. The van der Waals surface area contributed by atoms with Crippen LogP contribution in [-0.4, -0.2) is 59.7 Å². The molecule has 0 aliphatic heterocycles. The molecule has 11 nitrogen and oxygen atoms in total. The van der Waals surface area contributed by atoms with Gasteiger partial charge in [-0.25, -0.2) is 22.8 Å². The van der Waals surface area contributed by atoms with E-state index in [1.165, 1.54) is 51.0 Å². The largest absolute Gasteiger partial charge is 0.494 e. The lowest BCUT2D eigenvalue weighted by atomic mass is 10.2. The standard InChI is InChI=1S/C25H27FN6O5S/c1-15-13-27-23(28-14-15)22(37-5)16(2)38(33,34)31-25-30-29-24(17-9-6-7-10-18(17)26)32(25)21-19(35-3)11-8-12-20(21)36-4/h6-14,16,22H,1-5H3,(H,30,31). The Morgan fingerprint density at radius 2 is 1.58 bits per heavy atom. The highest BCUT2D eigenvalue weighted by Gasteiger charge is 2.35. The van der Waals surface area contributed by atoms with Crippen LogP contribution in [0.1, 0.15) is 24.4 Å². The summed E-state index contributed by atoms with van der Waals surface area (Å²) >= 11 is 0. The summed E-state index contributed by atoms with van der Waals surface area (Å²) in [6.45, 7) is 3.28. The van der Waals surface area contributed by atoms with Crippen LogP contribution in [-0.2, 0) is 14.8 Å². The van der Waals surface area contributed by atoms with Gasteiger partial charge in [0.15, 0.2) is 11.6 Å². The van der Waals surface area contributed by atoms with E-state index in [2.05, 4.69) is 24.9 Å². The minimum absolute atomic E-state index is 0.0291. The topological polar surface area (TPSA) is 130 Å². The van der Waals surface area contributed by atoms with Crippen LogP contribution in [0, 0.1) is 12.7 Å². The molecule has 2 aromatic heterocycles. The van der Waals surface area contributed by atoms with Crippen molar-refractivity contribution in [1.82, 2.24) is 24.7 Å². The summed E-state index contributed by atoms with van der Waals surface area (Å²) in [4.78, 5) is 8.44. The molecule has 2 unspecified atom stereocenters. The molecular formula is C25H27FN6O5S. The van der Waals surface area contributed by atoms with Crippen molar-refractivity contribution in [3.05, 3.63) is 72.1 Å². The van der Waals surface area contributed by atoms with Gasteiger partial charge in [-0.3, -0.25) is 9.29 Å². The molecule has 200 valence electrons. The summed E-state index contributed by atoms with van der Waals surface area (Å²) in [5.41, 5.74) is 1.18. The molecule has 0 saturated heterocycles. The average molecular weight is 543 g/mol. The average Bonchev–Trinajstić information content (AvgIpc) is 3.31. The summed E-state index contributed by atoms with van der Waals surface area (Å²) in [5.74, 6) is 0.0831. The van der Waals surface area contributed by atoms with Crippen molar-refractivity contribution < 1.29 is 27.0 Å². The van der Waals surface area contributed by atoms with Crippen LogP contribution in [0.25, 0.3) is 17.1 Å². The minimum Gasteiger partial charge on any atom is -0.494 e. The number of ether oxygens (including phenoxy) is 3. The Kier molecular flexibility index (Phi) is 7.88. The Labute approximate surface area is 219 Å². The molecule has 1 N–H and O–H groups in total. The fraction of sp³-hybridized carbons (Fsp3) is 0.280. The normalized spacial score (nSPS) is 13.1. The first-order valence-electron chi connectivity index (χ1n) is 11.5. The molecule has 0 amide bonds. The summed E-state index contributed by atoms with van der Waals surface area (Å²) in [6.07, 6.45) is 2.16. The van der Waals surface area contributed by atoms with E-state index in [4.69, 9.17) is 14.2 Å². The quantitative estimate of drug-likeness (QED) is 0.319. The number of halogens is 1. The van der Waals surface area contributed by atoms with Gasteiger partial charge in [0, 0.05) is 19.5 Å². The zero-order chi connectivity index (χ0) is 27.4. The maximum absolute atomic E-state index is 14.9. The van der Waals surface area contributed by atoms with E-state index in [0.717, 1.165) is 5.56 Å². The zero-order valence-corrected chi connectivity index (χ0v) is 22.2. The van der Waals surface area contributed by atoms with Crippen molar-refractivity contribution in [2.75, 3.05) is 26.1 Å². The van der Waals surface area contributed by atoms with Crippen LogP contribution in [0.2, 0.25) is 0 Å². The number of methoxy groups -OCH3 is 3. The number of anilines is 1. The molecule has 38 heavy (non-hydrogen) atoms. The molecular weight excluding hydrogens is 515 g/mol. The van der Waals surface area contributed by atoms with E-state index < -0.39 is 27.2 Å². The van der Waals surface area contributed by atoms with Crippen molar-refractivity contribution >= 4 is 16.0 Å². The predicted octanol–water partition coefficient (Wildman–Crippen LogP) is 3.71. The van der Waals surface area contributed by atoms with Crippen molar-refractivity contribution in [1.29, 1.82) is 0 Å². The van der Waals surface area contributed by atoms with Gasteiger partial charge < -0.3 is 14.2 Å². The highest BCUT2D eigenvalue weighted by molar-refractivity contribution is 7.93. The number of benzene rings is 2. The number of hydrogen-bond acceptors (Lipinski definition) is 9. The summed E-state index contributed by atoms with van der Waals surface area (Å²) in [6, 6.07) is 10.9. The molecule has 0 spiro atoms. The summed E-state index contributed by atoms with van der Waals surface area (Å²) in [7, 11) is 0.0812. The van der Waals surface area contributed by atoms with Gasteiger partial charge in [0.1, 0.15) is 34.4 Å². The lowest BCUT2D eigenvalue weighted by Crippen LogP contribution is -2.33. The molecule has 2 atom stereocenters. The Balaban J connectivity index is 1.85. The first-order valence-corrected chi connectivity index (χ1v) is 13.0. The molecule has 0 bridgehead atoms. The molecule has 0 fully saturated rings. The summed E-state index contributed by atoms with van der Waals surface area (Å²) in [5, 5.41) is 7.04. The van der Waals surface area contributed by atoms with Crippen molar-refractivity contribution in [3.8, 4) is 28.6 Å². The van der Waals surface area contributed by atoms with Gasteiger partial charge in [-0.15, -0.1) is 10.2 Å². The van der Waals surface area contributed by atoms with Gasteiger partial charge in [-0.05, 0) is 43.7 Å². The first-order chi connectivity index (χ1) is 18.2. The maximum atomic E-state index is 14.9. The number of para-hydroxylation sites is 1. The lowest BCUT2D eigenvalue weighted by Gasteiger charge is -2.23. The first kappa shape index (κ1) is 26.9. The van der Waals surface area contributed by atoms with Gasteiger partial charge in [-0.2, -0.15) is 0 Å². The number of sulfonamides is 1. The molecule has 0 radical (unpaired) electrons.